The Labute approximate surface area is 116 Å². The van der Waals surface area contributed by atoms with Gasteiger partial charge in [-0.05, 0) is 29.2 Å². The number of benzene rings is 1. The van der Waals surface area contributed by atoms with E-state index in [1.54, 1.807) is 0 Å². The fourth-order valence-electron chi connectivity index (χ4n) is 2.36. The molecule has 0 atom stereocenters. The van der Waals surface area contributed by atoms with Gasteiger partial charge in [0, 0.05) is 12.8 Å². The van der Waals surface area contributed by atoms with E-state index in [4.69, 9.17) is 5.26 Å². The molecule has 1 aromatic carbocycles. The Balaban J connectivity index is 2.27. The minimum absolute atomic E-state index is 0.0472. The molecule has 4 nitrogen and oxygen atoms in total. The highest BCUT2D eigenvalue weighted by atomic mass is 19.1. The van der Waals surface area contributed by atoms with Crippen molar-refractivity contribution in [1.82, 2.24) is 4.90 Å². The van der Waals surface area contributed by atoms with Crippen LogP contribution in [-0.4, -0.2) is 16.7 Å². The topological polar surface area (TPSA) is 61.2 Å². The van der Waals surface area contributed by atoms with Crippen LogP contribution < -0.4 is 0 Å². The molecule has 104 valence electrons. The lowest BCUT2D eigenvalue weighted by Gasteiger charge is -2.34. The second-order valence-corrected chi connectivity index (χ2v) is 5.80. The molecule has 0 N–H and O–H groups in total. The van der Waals surface area contributed by atoms with E-state index in [9.17, 15) is 14.0 Å². The predicted molar refractivity (Wildman–Crippen MR) is 69.7 cm³/mol. The zero-order valence-electron chi connectivity index (χ0n) is 11.4. The second kappa shape index (κ2) is 5.04. The van der Waals surface area contributed by atoms with E-state index in [1.165, 1.54) is 18.2 Å². The molecule has 1 aliphatic heterocycles. The van der Waals surface area contributed by atoms with E-state index in [-0.39, 0.29) is 42.2 Å². The van der Waals surface area contributed by atoms with Gasteiger partial charge >= 0.3 is 0 Å². The summed E-state index contributed by atoms with van der Waals surface area (Å²) in [4.78, 5) is 25.2. The summed E-state index contributed by atoms with van der Waals surface area (Å²) in [6.45, 7) is 3.68. The van der Waals surface area contributed by atoms with Crippen molar-refractivity contribution in [3.8, 4) is 6.07 Å². The third-order valence-corrected chi connectivity index (χ3v) is 3.38. The van der Waals surface area contributed by atoms with Gasteiger partial charge < -0.3 is 0 Å². The van der Waals surface area contributed by atoms with Gasteiger partial charge in [0.25, 0.3) is 0 Å². The first-order valence-electron chi connectivity index (χ1n) is 6.34. The molecule has 0 unspecified atom stereocenters. The normalized spacial score (nSPS) is 18.0. The van der Waals surface area contributed by atoms with Crippen molar-refractivity contribution in [2.24, 2.45) is 5.41 Å². The molecule has 1 heterocycles. The lowest BCUT2D eigenvalue weighted by molar-refractivity contribution is -0.153. The Morgan fingerprint density at radius 1 is 1.30 bits per heavy atom. The number of hydrogen-bond donors (Lipinski definition) is 0. The van der Waals surface area contributed by atoms with Crippen LogP contribution in [0.3, 0.4) is 0 Å². The Morgan fingerprint density at radius 3 is 2.45 bits per heavy atom. The molecule has 0 aliphatic carbocycles. The molecule has 0 radical (unpaired) electrons. The minimum Gasteiger partial charge on any atom is -0.278 e. The maximum atomic E-state index is 13.3. The lowest BCUT2D eigenvalue weighted by atomic mass is 9.81. The first-order valence-corrected chi connectivity index (χ1v) is 6.34. The highest BCUT2D eigenvalue weighted by Gasteiger charge is 2.37. The number of carbonyl (C=O) groups is 2. The molecule has 2 amide bonds. The number of rotatable bonds is 2. The molecule has 1 saturated heterocycles. The van der Waals surface area contributed by atoms with E-state index >= 15 is 0 Å². The largest absolute Gasteiger partial charge is 0.278 e. The van der Waals surface area contributed by atoms with Gasteiger partial charge in [-0.1, -0.05) is 13.8 Å². The monoisotopic (exact) mass is 274 g/mol. The van der Waals surface area contributed by atoms with Gasteiger partial charge in [-0.2, -0.15) is 5.26 Å². The van der Waals surface area contributed by atoms with Gasteiger partial charge in [-0.25, -0.2) is 4.39 Å². The van der Waals surface area contributed by atoms with Crippen molar-refractivity contribution >= 4 is 11.8 Å². The maximum absolute atomic E-state index is 13.3. The molecule has 2 rings (SSSR count). The van der Waals surface area contributed by atoms with Crippen LogP contribution in [0, 0.1) is 22.6 Å². The van der Waals surface area contributed by atoms with E-state index < -0.39 is 5.82 Å². The van der Waals surface area contributed by atoms with Crippen molar-refractivity contribution in [2.75, 3.05) is 0 Å². The molecule has 5 heteroatoms. The van der Waals surface area contributed by atoms with Crippen molar-refractivity contribution in [2.45, 2.75) is 33.2 Å². The number of likely N-dealkylation sites (tertiary alicyclic amines) is 1. The second-order valence-electron chi connectivity index (χ2n) is 5.80. The van der Waals surface area contributed by atoms with Crippen LogP contribution in [0.5, 0.6) is 0 Å². The summed E-state index contributed by atoms with van der Waals surface area (Å²) in [6.07, 6.45) is 0.548. The van der Waals surface area contributed by atoms with E-state index in [0.29, 0.717) is 5.56 Å². The molecule has 0 saturated carbocycles. The van der Waals surface area contributed by atoms with Crippen molar-refractivity contribution < 1.29 is 14.0 Å². The Bertz CT molecular complexity index is 597. The molecular weight excluding hydrogens is 259 g/mol. The number of hydrogen-bond acceptors (Lipinski definition) is 3. The standard InChI is InChI=1S/C15H15FN2O2/c1-15(2)6-13(19)18(14(20)7-15)9-11-5-12(16)4-3-10(11)8-17/h3-5H,6-7,9H2,1-2H3. The predicted octanol–water partition coefficient (Wildman–Crippen LogP) is 2.37. The van der Waals surface area contributed by atoms with Gasteiger partial charge in [0.1, 0.15) is 5.82 Å². The highest BCUT2D eigenvalue weighted by molar-refractivity contribution is 5.98. The molecule has 1 fully saturated rings. The maximum Gasteiger partial charge on any atom is 0.230 e. The zero-order valence-corrected chi connectivity index (χ0v) is 11.4. The van der Waals surface area contributed by atoms with Crippen LogP contribution in [0.15, 0.2) is 18.2 Å². The summed E-state index contributed by atoms with van der Waals surface area (Å²) in [6, 6.07) is 5.68. The average Bonchev–Trinajstić information content (AvgIpc) is 2.33. The molecule has 1 aromatic rings. The van der Waals surface area contributed by atoms with Crippen LogP contribution in [0.2, 0.25) is 0 Å². The first kappa shape index (κ1) is 14.2. The number of halogens is 1. The summed E-state index contributed by atoms with van der Waals surface area (Å²) in [5, 5.41) is 8.99. The number of imide groups is 1. The van der Waals surface area contributed by atoms with Gasteiger partial charge in [0.2, 0.25) is 11.8 Å². The molecule has 20 heavy (non-hydrogen) atoms. The number of piperidine rings is 1. The average molecular weight is 274 g/mol. The third kappa shape index (κ3) is 2.85. The summed E-state index contributed by atoms with van der Waals surface area (Å²) in [5.74, 6) is -1.05. The van der Waals surface area contributed by atoms with E-state index in [1.807, 2.05) is 19.9 Å². The van der Waals surface area contributed by atoms with Crippen molar-refractivity contribution in [3.63, 3.8) is 0 Å². The summed E-state index contributed by atoms with van der Waals surface area (Å²) in [5.41, 5.74) is 0.288. The van der Waals surface area contributed by atoms with Crippen LogP contribution in [0.25, 0.3) is 0 Å². The van der Waals surface area contributed by atoms with Crippen LogP contribution in [-0.2, 0) is 16.1 Å². The first-order chi connectivity index (χ1) is 9.32. The van der Waals surface area contributed by atoms with E-state index in [0.717, 1.165) is 4.90 Å². The van der Waals surface area contributed by atoms with Gasteiger partial charge in [-0.3, -0.25) is 14.5 Å². The van der Waals surface area contributed by atoms with Gasteiger partial charge in [0.15, 0.2) is 0 Å². The van der Waals surface area contributed by atoms with Crippen LogP contribution in [0.4, 0.5) is 4.39 Å². The summed E-state index contributed by atoms with van der Waals surface area (Å²) in [7, 11) is 0. The van der Waals surface area contributed by atoms with E-state index in [2.05, 4.69) is 0 Å². The quantitative estimate of drug-likeness (QED) is 0.778. The number of nitrogens with zero attached hydrogens (tertiary/aromatic N) is 2. The smallest absolute Gasteiger partial charge is 0.230 e. The Kier molecular flexibility index (Phi) is 3.58. The van der Waals surface area contributed by atoms with Crippen LogP contribution in [0.1, 0.15) is 37.8 Å². The molecular formula is C15H15FN2O2. The third-order valence-electron chi connectivity index (χ3n) is 3.38. The lowest BCUT2D eigenvalue weighted by Crippen LogP contribution is -2.45. The SMILES string of the molecule is CC1(C)CC(=O)N(Cc2cc(F)ccc2C#N)C(=O)C1. The van der Waals surface area contributed by atoms with Crippen LogP contribution >= 0.6 is 0 Å². The Hall–Kier alpha value is -2.22. The minimum atomic E-state index is -0.490. The number of amides is 2. The fourth-order valence-corrected chi connectivity index (χ4v) is 2.36. The summed E-state index contributed by atoms with van der Waals surface area (Å²) >= 11 is 0. The number of carbonyl (C=O) groups excluding carboxylic acids is 2. The molecule has 0 bridgehead atoms. The van der Waals surface area contributed by atoms with Gasteiger partial charge in [0.05, 0.1) is 18.2 Å². The zero-order chi connectivity index (χ0) is 14.9. The highest BCUT2D eigenvalue weighted by Crippen LogP contribution is 2.32. The molecule has 0 spiro atoms. The number of nitriles is 1. The molecule has 1 aliphatic rings. The van der Waals surface area contributed by atoms with Crippen molar-refractivity contribution in [3.05, 3.63) is 35.1 Å². The Morgan fingerprint density at radius 2 is 1.90 bits per heavy atom. The van der Waals surface area contributed by atoms with Gasteiger partial charge in [-0.15, -0.1) is 0 Å². The molecule has 0 aromatic heterocycles. The fraction of sp³-hybridized carbons (Fsp3) is 0.400. The van der Waals surface area contributed by atoms with Crippen molar-refractivity contribution in [1.29, 1.82) is 5.26 Å². The summed E-state index contributed by atoms with van der Waals surface area (Å²) < 4.78 is 13.3.